The summed E-state index contributed by atoms with van der Waals surface area (Å²) in [6, 6.07) is 20.9. The summed E-state index contributed by atoms with van der Waals surface area (Å²) in [5.74, 6) is 0. The second-order valence-corrected chi connectivity index (χ2v) is 20.4. The molecule has 9 heteroatoms. The molecule has 0 spiro atoms. The van der Waals surface area contributed by atoms with E-state index in [1.807, 2.05) is 24.3 Å². The molecule has 0 saturated carbocycles. The van der Waals surface area contributed by atoms with E-state index in [1.54, 1.807) is 0 Å². The Kier molecular flexibility index (Phi) is 12.4. The number of nitrogens with one attached hydrogen (secondary N) is 1. The predicted molar refractivity (Wildman–Crippen MR) is 166 cm³/mol. The van der Waals surface area contributed by atoms with Gasteiger partial charge in [0.15, 0.2) is 16.6 Å². The summed E-state index contributed by atoms with van der Waals surface area (Å²) < 4.78 is 17.9. The molecule has 2 unspecified atom stereocenters. The molecular formula is C30H47NO6Si2. The first-order valence-electron chi connectivity index (χ1n) is 14.1. The highest BCUT2D eigenvalue weighted by Gasteiger charge is 2.32. The Morgan fingerprint density at radius 2 is 1.23 bits per heavy atom. The predicted octanol–water partition coefficient (Wildman–Crippen LogP) is 5.36. The fourth-order valence-electron chi connectivity index (χ4n) is 5.02. The van der Waals surface area contributed by atoms with Crippen LogP contribution in [0.1, 0.15) is 12.8 Å². The zero-order chi connectivity index (χ0) is 28.3. The third-order valence-corrected chi connectivity index (χ3v) is 14.3. The van der Waals surface area contributed by atoms with Crippen LogP contribution in [0.4, 0.5) is 5.69 Å². The van der Waals surface area contributed by atoms with Crippen molar-refractivity contribution in [2.45, 2.75) is 63.3 Å². The zero-order valence-corrected chi connectivity index (χ0v) is 26.0. The molecule has 0 radical (unpaired) electrons. The quantitative estimate of drug-likeness (QED) is 0.0924. The molecule has 216 valence electrons. The van der Waals surface area contributed by atoms with Crippen molar-refractivity contribution in [1.29, 1.82) is 0 Å². The van der Waals surface area contributed by atoms with Gasteiger partial charge in [-0.1, -0.05) is 48.5 Å². The van der Waals surface area contributed by atoms with Crippen LogP contribution in [0, 0.1) is 0 Å². The van der Waals surface area contributed by atoms with Gasteiger partial charge in [0, 0.05) is 36.2 Å². The van der Waals surface area contributed by atoms with Crippen LogP contribution >= 0.6 is 0 Å². The minimum absolute atomic E-state index is 0.171. The molecular weight excluding hydrogens is 527 g/mol. The van der Waals surface area contributed by atoms with Crippen LogP contribution in [0.25, 0.3) is 21.5 Å². The molecule has 3 aromatic rings. The van der Waals surface area contributed by atoms with E-state index in [2.05, 4.69) is 61.8 Å². The molecule has 3 aromatic carbocycles. The lowest BCUT2D eigenvalue weighted by Crippen LogP contribution is -2.44. The van der Waals surface area contributed by atoms with Gasteiger partial charge in [0.05, 0.1) is 25.9 Å². The summed E-state index contributed by atoms with van der Waals surface area (Å²) in [5, 5.41) is 36.9. The van der Waals surface area contributed by atoms with E-state index in [9.17, 15) is 10.2 Å². The second kappa shape index (κ2) is 15.2. The fourth-order valence-corrected chi connectivity index (χ4v) is 13.8. The summed E-state index contributed by atoms with van der Waals surface area (Å²) in [4.78, 5) is 0. The maximum absolute atomic E-state index is 10.6. The van der Waals surface area contributed by atoms with Crippen molar-refractivity contribution >= 4 is 43.9 Å². The Morgan fingerprint density at radius 1 is 0.744 bits per heavy atom. The van der Waals surface area contributed by atoms with E-state index in [4.69, 9.17) is 18.7 Å². The van der Waals surface area contributed by atoms with Crippen LogP contribution in [0.2, 0.25) is 38.3 Å². The van der Waals surface area contributed by atoms with E-state index < -0.39 is 28.8 Å². The van der Waals surface area contributed by atoms with E-state index in [0.717, 1.165) is 41.4 Å². The molecule has 0 aliphatic rings. The average Bonchev–Trinajstić information content (AvgIpc) is 2.89. The first kappa shape index (κ1) is 31.7. The van der Waals surface area contributed by atoms with Crippen molar-refractivity contribution in [3.8, 4) is 0 Å². The lowest BCUT2D eigenvalue weighted by Gasteiger charge is -2.34. The van der Waals surface area contributed by atoms with Gasteiger partial charge >= 0.3 is 0 Å². The number of fused-ring (bicyclic) bond motifs is 2. The third kappa shape index (κ3) is 10.6. The number of hydrogen-bond acceptors (Lipinski definition) is 7. The highest BCUT2D eigenvalue weighted by atomic mass is 28.4. The normalized spacial score (nSPS) is 14.1. The summed E-state index contributed by atoms with van der Waals surface area (Å²) in [5.41, 5.74) is 1.05. The van der Waals surface area contributed by atoms with Gasteiger partial charge in [-0.15, -0.1) is 0 Å². The topological polar surface area (TPSA) is 100 Å². The summed E-state index contributed by atoms with van der Waals surface area (Å²) in [7, 11) is -3.64. The van der Waals surface area contributed by atoms with Crippen molar-refractivity contribution in [2.24, 2.45) is 0 Å². The van der Waals surface area contributed by atoms with Crippen molar-refractivity contribution < 1.29 is 28.9 Å². The lowest BCUT2D eigenvalue weighted by atomic mass is 10.0. The number of anilines is 1. The maximum atomic E-state index is 10.6. The molecule has 0 heterocycles. The molecule has 39 heavy (non-hydrogen) atoms. The number of aliphatic hydroxyl groups excluding tert-OH is 3. The molecule has 0 fully saturated rings. The number of aliphatic hydroxyl groups is 3. The van der Waals surface area contributed by atoms with Crippen LogP contribution in [0.15, 0.2) is 54.6 Å². The second-order valence-electron chi connectivity index (χ2n) is 11.5. The van der Waals surface area contributed by atoms with Gasteiger partial charge in [0.25, 0.3) is 0 Å². The SMILES string of the molecule is C[Si](C)(CCCOCC(O)CO)O[Si](C)(C)CCCOCC(O)CNc1c2ccccc2cc2ccccc12. The standard InChI is InChI=1S/C30H47NO6Si2/c1-38(2,37-39(3,4)18-10-16-36-23-27(34)21-32)17-9-15-35-22-26(33)20-31-30-28-13-7-5-11-24(28)19-25-12-6-8-14-29(25)30/h5-8,11-14,19,26-27,31-34H,9-10,15-18,20-23H2,1-4H3. The van der Waals surface area contributed by atoms with Crippen LogP contribution in [0.3, 0.4) is 0 Å². The van der Waals surface area contributed by atoms with Crippen molar-refractivity contribution in [2.75, 3.05) is 44.9 Å². The maximum Gasteiger partial charge on any atom is 0.173 e. The first-order valence-corrected chi connectivity index (χ1v) is 20.3. The Morgan fingerprint density at radius 3 is 1.74 bits per heavy atom. The Hall–Kier alpha value is -1.83. The molecule has 2 atom stereocenters. The van der Waals surface area contributed by atoms with Gasteiger partial charge in [0.1, 0.15) is 6.10 Å². The monoisotopic (exact) mass is 573 g/mol. The fraction of sp³-hybridized carbons (Fsp3) is 0.533. The smallest absolute Gasteiger partial charge is 0.173 e. The van der Waals surface area contributed by atoms with Gasteiger partial charge < -0.3 is 34.2 Å². The highest BCUT2D eigenvalue weighted by Crippen LogP contribution is 2.32. The van der Waals surface area contributed by atoms with Crippen molar-refractivity contribution in [3.05, 3.63) is 54.6 Å². The molecule has 0 aliphatic heterocycles. The van der Waals surface area contributed by atoms with E-state index >= 15 is 0 Å². The van der Waals surface area contributed by atoms with Gasteiger partial charge in [0.2, 0.25) is 0 Å². The number of hydrogen-bond donors (Lipinski definition) is 4. The van der Waals surface area contributed by atoms with E-state index in [1.165, 1.54) is 10.8 Å². The van der Waals surface area contributed by atoms with Crippen LogP contribution < -0.4 is 5.32 Å². The van der Waals surface area contributed by atoms with Crippen LogP contribution in [0.5, 0.6) is 0 Å². The van der Waals surface area contributed by atoms with Gasteiger partial charge in [-0.05, 0) is 68.0 Å². The number of rotatable bonds is 18. The molecule has 3 rings (SSSR count). The van der Waals surface area contributed by atoms with Crippen LogP contribution in [-0.4, -0.2) is 83.7 Å². The molecule has 0 saturated heterocycles. The molecule has 7 nitrogen and oxygen atoms in total. The molecule has 0 aliphatic carbocycles. The summed E-state index contributed by atoms with van der Waals surface area (Å²) >= 11 is 0. The first-order chi connectivity index (χ1) is 18.6. The highest BCUT2D eigenvalue weighted by molar-refractivity contribution is 6.84. The average molecular weight is 574 g/mol. The minimum atomic E-state index is -1.83. The summed E-state index contributed by atoms with van der Waals surface area (Å²) in [6.07, 6.45) is 0.407. The van der Waals surface area contributed by atoms with Gasteiger partial charge in [-0.3, -0.25) is 0 Å². The molecule has 0 aromatic heterocycles. The summed E-state index contributed by atoms with van der Waals surface area (Å²) in [6.45, 7) is 10.8. The number of ether oxygens (including phenoxy) is 2. The number of benzene rings is 3. The van der Waals surface area contributed by atoms with Crippen LogP contribution in [-0.2, 0) is 13.6 Å². The van der Waals surface area contributed by atoms with Crippen molar-refractivity contribution in [1.82, 2.24) is 0 Å². The van der Waals surface area contributed by atoms with Gasteiger partial charge in [-0.25, -0.2) is 0 Å². The van der Waals surface area contributed by atoms with E-state index in [-0.39, 0.29) is 13.2 Å². The molecule has 0 amide bonds. The molecule has 0 bridgehead atoms. The Balaban J connectivity index is 1.37. The van der Waals surface area contributed by atoms with E-state index in [0.29, 0.717) is 26.4 Å². The Bertz CT molecular complexity index is 1100. The molecule has 4 N–H and O–H groups in total. The third-order valence-electron chi connectivity index (χ3n) is 6.80. The van der Waals surface area contributed by atoms with Gasteiger partial charge in [-0.2, -0.15) is 0 Å². The lowest BCUT2D eigenvalue weighted by molar-refractivity contribution is 0.00639. The largest absolute Gasteiger partial charge is 0.455 e. The Labute approximate surface area is 235 Å². The minimum Gasteiger partial charge on any atom is -0.455 e. The zero-order valence-electron chi connectivity index (χ0n) is 24.0. The van der Waals surface area contributed by atoms with Crippen molar-refractivity contribution in [3.63, 3.8) is 0 Å².